The molecule has 0 saturated carbocycles. The van der Waals surface area contributed by atoms with E-state index in [4.69, 9.17) is 21.7 Å². The van der Waals surface area contributed by atoms with E-state index in [1.54, 1.807) is 30.7 Å². The lowest BCUT2D eigenvalue weighted by Crippen LogP contribution is -2.30. The maximum Gasteiger partial charge on any atom is 0.242 e. The van der Waals surface area contributed by atoms with Gasteiger partial charge in [0.15, 0.2) is 10.6 Å². The Hall–Kier alpha value is -3.13. The topological polar surface area (TPSA) is 72.4 Å². The van der Waals surface area contributed by atoms with Gasteiger partial charge < -0.3 is 14.4 Å². The van der Waals surface area contributed by atoms with E-state index in [0.29, 0.717) is 17.1 Å². The van der Waals surface area contributed by atoms with Crippen LogP contribution in [0.2, 0.25) is 0 Å². The molecule has 7 nitrogen and oxygen atoms in total. The molecule has 0 bridgehead atoms. The molecule has 1 heterocycles. The van der Waals surface area contributed by atoms with Crippen LogP contribution in [0.5, 0.6) is 11.5 Å². The van der Waals surface area contributed by atoms with Gasteiger partial charge in [0, 0.05) is 24.7 Å². The Balaban J connectivity index is 1.79. The predicted molar refractivity (Wildman–Crippen MR) is 114 cm³/mol. The minimum atomic E-state index is -0.0826. The summed E-state index contributed by atoms with van der Waals surface area (Å²) in [5.74, 6) is 2.03. The number of nitrogens with zero attached hydrogens (tertiary/aromatic N) is 3. The molecule has 0 aliphatic heterocycles. The van der Waals surface area contributed by atoms with E-state index in [1.807, 2.05) is 49.4 Å². The summed E-state index contributed by atoms with van der Waals surface area (Å²) in [5, 5.41) is 7.07. The summed E-state index contributed by atoms with van der Waals surface area (Å²) in [6.45, 7) is 2.53. The van der Waals surface area contributed by atoms with Gasteiger partial charge in [-0.3, -0.25) is 14.5 Å². The summed E-state index contributed by atoms with van der Waals surface area (Å²) in [4.78, 5) is 14.5. The Morgan fingerprint density at radius 1 is 1.17 bits per heavy atom. The molecular weight excluding hydrogens is 388 g/mol. The average molecular weight is 413 g/mol. The lowest BCUT2D eigenvalue weighted by atomic mass is 10.1. The van der Waals surface area contributed by atoms with Gasteiger partial charge in [0.2, 0.25) is 5.91 Å². The van der Waals surface area contributed by atoms with E-state index in [2.05, 4.69) is 10.2 Å². The molecule has 0 fully saturated rings. The Bertz CT molecular complexity index is 1060. The van der Waals surface area contributed by atoms with Gasteiger partial charge in [-0.1, -0.05) is 17.7 Å². The number of rotatable bonds is 7. The van der Waals surface area contributed by atoms with Crippen LogP contribution < -0.4 is 9.47 Å². The fourth-order valence-corrected chi connectivity index (χ4v) is 3.25. The number of benzene rings is 2. The number of aromatic nitrogens is 3. The molecule has 3 rings (SSSR count). The number of carbonyl (C=O) groups is 1. The van der Waals surface area contributed by atoms with Crippen molar-refractivity contribution in [3.63, 3.8) is 0 Å². The van der Waals surface area contributed by atoms with Gasteiger partial charge in [-0.25, -0.2) is 0 Å². The third-order valence-electron chi connectivity index (χ3n) is 4.67. The first-order valence-corrected chi connectivity index (χ1v) is 9.51. The smallest absolute Gasteiger partial charge is 0.242 e. The lowest BCUT2D eigenvalue weighted by Gasteiger charge is -2.20. The van der Waals surface area contributed by atoms with Crippen molar-refractivity contribution in [2.45, 2.75) is 20.0 Å². The van der Waals surface area contributed by atoms with Crippen molar-refractivity contribution in [2.75, 3.05) is 21.3 Å². The first kappa shape index (κ1) is 20.6. The molecule has 1 N–H and O–H groups in total. The molecule has 0 spiro atoms. The van der Waals surface area contributed by atoms with E-state index < -0.39 is 0 Å². The fraction of sp³-hybridized carbons (Fsp3) is 0.286. The monoisotopic (exact) mass is 412 g/mol. The fourth-order valence-electron chi connectivity index (χ4n) is 3.06. The molecule has 1 aromatic heterocycles. The lowest BCUT2D eigenvalue weighted by molar-refractivity contribution is -0.131. The van der Waals surface area contributed by atoms with Crippen LogP contribution in [0.25, 0.3) is 11.4 Å². The van der Waals surface area contributed by atoms with Crippen LogP contribution in [0.1, 0.15) is 11.1 Å². The number of likely N-dealkylation sites (N-methyl/N-ethyl adjacent to an activating group) is 1. The number of carbonyl (C=O) groups excluding carboxylic acids is 1. The predicted octanol–water partition coefficient (Wildman–Crippen LogP) is 3.59. The van der Waals surface area contributed by atoms with E-state index in [-0.39, 0.29) is 12.5 Å². The van der Waals surface area contributed by atoms with Crippen LogP contribution in [0.3, 0.4) is 0 Å². The molecule has 8 heteroatoms. The summed E-state index contributed by atoms with van der Waals surface area (Å²) < 4.78 is 12.7. The van der Waals surface area contributed by atoms with Crippen LogP contribution >= 0.6 is 12.2 Å². The van der Waals surface area contributed by atoms with Gasteiger partial charge >= 0.3 is 0 Å². The van der Waals surface area contributed by atoms with Crippen molar-refractivity contribution >= 4 is 18.1 Å². The Labute approximate surface area is 174 Å². The van der Waals surface area contributed by atoms with Crippen molar-refractivity contribution in [2.24, 2.45) is 0 Å². The molecule has 0 atom stereocenters. The zero-order chi connectivity index (χ0) is 21.0. The number of hydrogen-bond donors (Lipinski definition) is 1. The first-order chi connectivity index (χ1) is 13.9. The molecule has 29 heavy (non-hydrogen) atoms. The van der Waals surface area contributed by atoms with Crippen molar-refractivity contribution in [3.05, 3.63) is 58.4 Å². The standard InChI is InChI=1S/C21H24N4O3S/c1-14-5-10-18(28-4)16(11-14)12-24(2)19(26)13-25-20(22-23-21(25)29)15-6-8-17(27-3)9-7-15/h5-11H,12-13H2,1-4H3,(H,23,29). The second kappa shape index (κ2) is 8.91. The minimum absolute atomic E-state index is 0.0826. The molecule has 0 aliphatic rings. The number of hydrogen-bond acceptors (Lipinski definition) is 5. The van der Waals surface area contributed by atoms with Gasteiger partial charge in [0.1, 0.15) is 18.0 Å². The maximum atomic E-state index is 12.9. The highest BCUT2D eigenvalue weighted by Gasteiger charge is 2.17. The summed E-state index contributed by atoms with van der Waals surface area (Å²) in [6, 6.07) is 13.4. The van der Waals surface area contributed by atoms with Crippen molar-refractivity contribution in [3.8, 4) is 22.9 Å². The van der Waals surface area contributed by atoms with Crippen LogP contribution in [0, 0.1) is 11.7 Å². The molecule has 0 radical (unpaired) electrons. The molecule has 0 aliphatic carbocycles. The molecule has 0 unspecified atom stereocenters. The number of H-pyrrole nitrogens is 1. The zero-order valence-corrected chi connectivity index (χ0v) is 17.7. The normalized spacial score (nSPS) is 10.6. The number of ether oxygens (including phenoxy) is 2. The SMILES string of the molecule is COc1ccc(-c2n[nH]c(=S)n2CC(=O)N(C)Cc2cc(C)ccc2OC)cc1. The summed E-state index contributed by atoms with van der Waals surface area (Å²) in [5.41, 5.74) is 2.91. The van der Waals surface area contributed by atoms with Crippen molar-refractivity contribution in [1.29, 1.82) is 0 Å². The van der Waals surface area contributed by atoms with Gasteiger partial charge in [-0.15, -0.1) is 0 Å². The average Bonchev–Trinajstić information content (AvgIpc) is 3.08. The number of aromatic amines is 1. The van der Waals surface area contributed by atoms with E-state index in [0.717, 1.165) is 28.2 Å². The number of aryl methyl sites for hydroxylation is 1. The molecular formula is C21H24N4O3S. The van der Waals surface area contributed by atoms with Crippen molar-refractivity contribution in [1.82, 2.24) is 19.7 Å². The number of methoxy groups -OCH3 is 2. The summed E-state index contributed by atoms with van der Waals surface area (Å²) >= 11 is 5.34. The highest BCUT2D eigenvalue weighted by molar-refractivity contribution is 7.71. The van der Waals surface area contributed by atoms with E-state index in [9.17, 15) is 4.79 Å². The van der Waals surface area contributed by atoms with Gasteiger partial charge in [-0.05, 0) is 49.5 Å². The van der Waals surface area contributed by atoms with Crippen LogP contribution in [-0.4, -0.2) is 46.8 Å². The number of amides is 1. The quantitative estimate of drug-likeness (QED) is 0.601. The van der Waals surface area contributed by atoms with Crippen LogP contribution in [0.4, 0.5) is 0 Å². The highest BCUT2D eigenvalue weighted by atomic mass is 32.1. The van der Waals surface area contributed by atoms with Crippen LogP contribution in [-0.2, 0) is 17.9 Å². The Kier molecular flexibility index (Phi) is 6.33. The van der Waals surface area contributed by atoms with Crippen LogP contribution in [0.15, 0.2) is 42.5 Å². The second-order valence-corrected chi connectivity index (χ2v) is 7.12. The van der Waals surface area contributed by atoms with Gasteiger partial charge in [0.25, 0.3) is 0 Å². The highest BCUT2D eigenvalue weighted by Crippen LogP contribution is 2.23. The van der Waals surface area contributed by atoms with Gasteiger partial charge in [0.05, 0.1) is 14.2 Å². The zero-order valence-electron chi connectivity index (χ0n) is 16.9. The summed E-state index contributed by atoms with van der Waals surface area (Å²) in [6.07, 6.45) is 0. The van der Waals surface area contributed by atoms with Crippen molar-refractivity contribution < 1.29 is 14.3 Å². The maximum absolute atomic E-state index is 12.9. The molecule has 1 amide bonds. The largest absolute Gasteiger partial charge is 0.497 e. The molecule has 152 valence electrons. The Morgan fingerprint density at radius 3 is 2.55 bits per heavy atom. The van der Waals surface area contributed by atoms with E-state index >= 15 is 0 Å². The molecule has 0 saturated heterocycles. The Morgan fingerprint density at radius 2 is 1.90 bits per heavy atom. The molecule has 2 aromatic carbocycles. The van der Waals surface area contributed by atoms with E-state index in [1.165, 1.54) is 0 Å². The third kappa shape index (κ3) is 4.65. The third-order valence-corrected chi connectivity index (χ3v) is 4.98. The molecule has 3 aromatic rings. The van der Waals surface area contributed by atoms with Gasteiger partial charge in [-0.2, -0.15) is 5.10 Å². The first-order valence-electron chi connectivity index (χ1n) is 9.10. The number of nitrogens with one attached hydrogen (secondary N) is 1. The second-order valence-electron chi connectivity index (χ2n) is 6.73. The minimum Gasteiger partial charge on any atom is -0.497 e. The summed E-state index contributed by atoms with van der Waals surface area (Å²) in [7, 11) is 5.01.